The molecule has 2 amide bonds. The minimum atomic E-state index is -4.47. The van der Waals surface area contributed by atoms with Gasteiger partial charge in [0.1, 0.15) is 5.69 Å². The summed E-state index contributed by atoms with van der Waals surface area (Å²) in [6, 6.07) is 11.1. The summed E-state index contributed by atoms with van der Waals surface area (Å²) in [5.41, 5.74) is 0.356. The summed E-state index contributed by atoms with van der Waals surface area (Å²) in [6.45, 7) is 0.806. The molecule has 0 saturated carbocycles. The van der Waals surface area contributed by atoms with Gasteiger partial charge in [-0.1, -0.05) is 41.4 Å². The van der Waals surface area contributed by atoms with Crippen LogP contribution in [0.1, 0.15) is 37.7 Å². The van der Waals surface area contributed by atoms with E-state index in [1.807, 2.05) is 0 Å². The smallest absolute Gasteiger partial charge is 0.347 e. The van der Waals surface area contributed by atoms with Gasteiger partial charge in [-0.3, -0.25) is 14.3 Å². The summed E-state index contributed by atoms with van der Waals surface area (Å²) in [5.74, 6) is -0.926. The van der Waals surface area contributed by atoms with Crippen LogP contribution in [-0.2, 0) is 25.8 Å². The second kappa shape index (κ2) is 9.07. The highest BCUT2D eigenvalue weighted by Gasteiger charge is 2.31. The number of alkyl halides is 3. The van der Waals surface area contributed by atoms with Crippen LogP contribution >= 0.6 is 23.2 Å². The SMILES string of the molecule is O=C(NCc1cccc(C(F)(F)F)c1)c1cc2n(n1)CCN(Cc1c(Cl)cccc1Cl)C2=O. The lowest BCUT2D eigenvalue weighted by Crippen LogP contribution is -2.39. The second-order valence-corrected chi connectivity index (χ2v) is 8.26. The zero-order valence-electron chi connectivity index (χ0n) is 17.0. The maximum atomic E-state index is 12.9. The van der Waals surface area contributed by atoms with Crippen LogP contribution in [0.25, 0.3) is 0 Å². The van der Waals surface area contributed by atoms with Gasteiger partial charge in [-0.05, 0) is 29.8 Å². The van der Waals surface area contributed by atoms with Gasteiger partial charge in [0.25, 0.3) is 11.8 Å². The van der Waals surface area contributed by atoms with Crippen molar-refractivity contribution >= 4 is 35.0 Å². The highest BCUT2D eigenvalue weighted by Crippen LogP contribution is 2.30. The maximum absolute atomic E-state index is 12.9. The number of halogens is 5. The number of amides is 2. The van der Waals surface area contributed by atoms with E-state index in [0.29, 0.717) is 34.3 Å². The summed E-state index contributed by atoms with van der Waals surface area (Å²) >= 11 is 12.4. The van der Waals surface area contributed by atoms with Crippen molar-refractivity contribution in [3.8, 4) is 0 Å². The molecule has 4 rings (SSSR count). The first kappa shape index (κ1) is 23.1. The van der Waals surface area contributed by atoms with Gasteiger partial charge in [0.2, 0.25) is 0 Å². The van der Waals surface area contributed by atoms with Crippen molar-refractivity contribution in [2.75, 3.05) is 6.54 Å². The fourth-order valence-electron chi connectivity index (χ4n) is 3.50. The summed E-state index contributed by atoms with van der Waals surface area (Å²) < 4.78 is 40.0. The van der Waals surface area contributed by atoms with Crippen molar-refractivity contribution < 1.29 is 22.8 Å². The number of nitrogens with zero attached hydrogens (tertiary/aromatic N) is 3. The molecule has 0 saturated heterocycles. The van der Waals surface area contributed by atoms with Gasteiger partial charge < -0.3 is 10.2 Å². The monoisotopic (exact) mass is 496 g/mol. The van der Waals surface area contributed by atoms with E-state index in [2.05, 4.69) is 10.4 Å². The van der Waals surface area contributed by atoms with E-state index < -0.39 is 17.6 Å². The van der Waals surface area contributed by atoms with E-state index in [4.69, 9.17) is 23.2 Å². The summed E-state index contributed by atoms with van der Waals surface area (Å²) in [7, 11) is 0. The molecule has 0 radical (unpaired) electrons. The number of hydrogen-bond acceptors (Lipinski definition) is 3. The number of aromatic nitrogens is 2. The van der Waals surface area contributed by atoms with Crippen molar-refractivity contribution in [2.24, 2.45) is 0 Å². The molecule has 1 aliphatic heterocycles. The van der Waals surface area contributed by atoms with Crippen molar-refractivity contribution in [3.05, 3.63) is 86.7 Å². The van der Waals surface area contributed by atoms with Crippen molar-refractivity contribution in [1.29, 1.82) is 0 Å². The van der Waals surface area contributed by atoms with E-state index in [9.17, 15) is 22.8 Å². The number of nitrogens with one attached hydrogen (secondary N) is 1. The number of hydrogen-bond donors (Lipinski definition) is 1. The third kappa shape index (κ3) is 4.99. The topological polar surface area (TPSA) is 67.2 Å². The van der Waals surface area contributed by atoms with Gasteiger partial charge in [-0.15, -0.1) is 0 Å². The minimum absolute atomic E-state index is 0.00273. The van der Waals surface area contributed by atoms with E-state index >= 15 is 0 Å². The normalized spacial score (nSPS) is 13.7. The molecule has 1 aromatic heterocycles. The van der Waals surface area contributed by atoms with Crippen LogP contribution in [0.2, 0.25) is 10.0 Å². The predicted molar refractivity (Wildman–Crippen MR) is 116 cm³/mol. The van der Waals surface area contributed by atoms with Crippen molar-refractivity contribution in [2.45, 2.75) is 25.8 Å². The Morgan fingerprint density at radius 1 is 1.06 bits per heavy atom. The molecule has 0 atom stereocenters. The zero-order valence-corrected chi connectivity index (χ0v) is 18.5. The lowest BCUT2D eigenvalue weighted by atomic mass is 10.1. The van der Waals surface area contributed by atoms with Crippen LogP contribution in [0.15, 0.2) is 48.5 Å². The number of fused-ring (bicyclic) bond motifs is 1. The number of benzene rings is 2. The Morgan fingerprint density at radius 2 is 1.76 bits per heavy atom. The molecule has 1 aliphatic rings. The first-order valence-electron chi connectivity index (χ1n) is 9.88. The fraction of sp³-hybridized carbons (Fsp3) is 0.227. The van der Waals surface area contributed by atoms with Gasteiger partial charge in [0, 0.05) is 41.3 Å². The minimum Gasteiger partial charge on any atom is -0.347 e. The van der Waals surface area contributed by atoms with Crippen LogP contribution in [0.5, 0.6) is 0 Å². The summed E-state index contributed by atoms with van der Waals surface area (Å²) in [5, 5.41) is 7.61. The number of carbonyl (C=O) groups is 2. The summed E-state index contributed by atoms with van der Waals surface area (Å²) in [6.07, 6.45) is -4.47. The van der Waals surface area contributed by atoms with E-state index in [1.54, 1.807) is 23.1 Å². The van der Waals surface area contributed by atoms with Crippen molar-refractivity contribution in [1.82, 2.24) is 20.0 Å². The average Bonchev–Trinajstić information content (AvgIpc) is 3.21. The maximum Gasteiger partial charge on any atom is 0.416 e. The quantitative estimate of drug-likeness (QED) is 0.551. The van der Waals surface area contributed by atoms with E-state index in [-0.39, 0.29) is 30.4 Å². The van der Waals surface area contributed by atoms with Crippen LogP contribution in [0.3, 0.4) is 0 Å². The molecule has 2 heterocycles. The Kier molecular flexibility index (Phi) is 6.36. The molecule has 0 unspecified atom stereocenters. The predicted octanol–water partition coefficient (Wildman–Crippen LogP) is 4.79. The first-order chi connectivity index (χ1) is 15.6. The molecule has 2 aromatic carbocycles. The molecule has 33 heavy (non-hydrogen) atoms. The summed E-state index contributed by atoms with van der Waals surface area (Å²) in [4.78, 5) is 27.0. The van der Waals surface area contributed by atoms with Crippen LogP contribution in [-0.4, -0.2) is 33.0 Å². The molecular formula is C22H17Cl2F3N4O2. The second-order valence-electron chi connectivity index (χ2n) is 7.45. The number of rotatable bonds is 5. The van der Waals surface area contributed by atoms with Gasteiger partial charge in [-0.2, -0.15) is 18.3 Å². The zero-order chi connectivity index (χ0) is 23.8. The molecule has 0 spiro atoms. The van der Waals surface area contributed by atoms with Gasteiger partial charge in [0.15, 0.2) is 5.69 Å². The van der Waals surface area contributed by atoms with E-state index in [1.165, 1.54) is 22.9 Å². The molecule has 172 valence electrons. The molecule has 0 aliphatic carbocycles. The molecule has 3 aromatic rings. The Balaban J connectivity index is 1.45. The van der Waals surface area contributed by atoms with Gasteiger partial charge in [-0.25, -0.2) is 0 Å². The van der Waals surface area contributed by atoms with Crippen LogP contribution < -0.4 is 5.32 Å². The number of carbonyl (C=O) groups excluding carboxylic acids is 2. The third-order valence-corrected chi connectivity index (χ3v) is 5.93. The fourth-order valence-corrected chi connectivity index (χ4v) is 4.02. The van der Waals surface area contributed by atoms with Gasteiger partial charge >= 0.3 is 6.18 Å². The Labute approximate surface area is 196 Å². The highest BCUT2D eigenvalue weighted by molar-refractivity contribution is 6.36. The largest absolute Gasteiger partial charge is 0.416 e. The Morgan fingerprint density at radius 3 is 2.45 bits per heavy atom. The molecule has 6 nitrogen and oxygen atoms in total. The average molecular weight is 497 g/mol. The lowest BCUT2D eigenvalue weighted by Gasteiger charge is -2.28. The van der Waals surface area contributed by atoms with E-state index in [0.717, 1.165) is 12.1 Å². The lowest BCUT2D eigenvalue weighted by molar-refractivity contribution is -0.137. The highest BCUT2D eigenvalue weighted by atomic mass is 35.5. The molecule has 0 fully saturated rings. The van der Waals surface area contributed by atoms with Crippen molar-refractivity contribution in [3.63, 3.8) is 0 Å². The molecule has 11 heteroatoms. The molecule has 0 bridgehead atoms. The third-order valence-electron chi connectivity index (χ3n) is 5.22. The Hall–Kier alpha value is -3.04. The standard InChI is InChI=1S/C22H17Cl2F3N4O2/c23-16-5-2-6-17(24)15(16)12-30-7-8-31-19(21(30)33)10-18(29-31)20(32)28-11-13-3-1-4-14(9-13)22(25,26)27/h1-6,9-10H,7-8,11-12H2,(H,28,32). The Bertz CT molecular complexity index is 1210. The van der Waals surface area contributed by atoms with Crippen LogP contribution in [0, 0.1) is 0 Å². The van der Waals surface area contributed by atoms with Gasteiger partial charge in [0.05, 0.1) is 12.1 Å². The molecular weight excluding hydrogens is 480 g/mol. The van der Waals surface area contributed by atoms with Crippen LogP contribution in [0.4, 0.5) is 13.2 Å². The molecule has 1 N–H and O–H groups in total. The first-order valence-corrected chi connectivity index (χ1v) is 10.6.